The molecule has 33 heavy (non-hydrogen) atoms. The summed E-state index contributed by atoms with van der Waals surface area (Å²) in [5.74, 6) is 1.49. The maximum absolute atomic E-state index is 12.9. The minimum atomic E-state index is -0.115. The molecular formula is C27H26N2O4. The van der Waals surface area contributed by atoms with Crippen molar-refractivity contribution in [2.45, 2.75) is 25.7 Å². The van der Waals surface area contributed by atoms with E-state index in [4.69, 9.17) is 15.2 Å². The number of hydrogen-bond acceptors (Lipinski definition) is 6. The number of rotatable bonds is 6. The van der Waals surface area contributed by atoms with E-state index in [0.717, 1.165) is 5.56 Å². The number of allylic oxidation sites excluding steroid dienone is 2. The fourth-order valence-corrected chi connectivity index (χ4v) is 4.02. The molecule has 0 saturated carbocycles. The lowest BCUT2D eigenvalue weighted by atomic mass is 9.81. The lowest BCUT2D eigenvalue weighted by Gasteiger charge is -2.24. The molecule has 3 N–H and O–H groups in total. The summed E-state index contributed by atoms with van der Waals surface area (Å²) in [5.41, 5.74) is 8.72. The van der Waals surface area contributed by atoms with Crippen LogP contribution in [0.1, 0.15) is 31.2 Å². The number of nitrogens with two attached hydrogens (primary N) is 1. The number of anilines is 1. The second kappa shape index (κ2) is 9.61. The van der Waals surface area contributed by atoms with Crippen LogP contribution in [0.25, 0.3) is 0 Å². The van der Waals surface area contributed by atoms with E-state index in [9.17, 15) is 9.90 Å². The van der Waals surface area contributed by atoms with Gasteiger partial charge in [0.1, 0.15) is 22.9 Å². The Kier molecular flexibility index (Phi) is 6.45. The number of aliphatic hydroxyl groups is 1. The highest BCUT2D eigenvalue weighted by Gasteiger charge is 2.30. The van der Waals surface area contributed by atoms with Crippen LogP contribution in [0.4, 0.5) is 11.4 Å². The average molecular weight is 443 g/mol. The van der Waals surface area contributed by atoms with Crippen LogP contribution in [0, 0.1) is 0 Å². The normalized spacial score (nSPS) is 16.6. The summed E-state index contributed by atoms with van der Waals surface area (Å²) in [5, 5.41) is 10.7. The summed E-state index contributed by atoms with van der Waals surface area (Å²) in [6, 6.07) is 22.2. The van der Waals surface area contributed by atoms with E-state index in [1.54, 1.807) is 44.4 Å². The number of nitrogen functional groups attached to an aromatic ring is 1. The largest absolute Gasteiger partial charge is 0.511 e. The van der Waals surface area contributed by atoms with E-state index >= 15 is 0 Å². The number of methoxy groups -OCH3 is 1. The van der Waals surface area contributed by atoms with E-state index in [1.807, 2.05) is 42.5 Å². The molecule has 1 unspecified atom stereocenters. The van der Waals surface area contributed by atoms with Gasteiger partial charge in [-0.1, -0.05) is 42.5 Å². The van der Waals surface area contributed by atoms with E-state index < -0.39 is 0 Å². The minimum Gasteiger partial charge on any atom is -0.511 e. The number of carbonyl (C=O) groups is 1. The highest BCUT2D eigenvalue weighted by molar-refractivity contribution is 6.23. The smallest absolute Gasteiger partial charge is 0.168 e. The molecule has 6 nitrogen and oxygen atoms in total. The van der Waals surface area contributed by atoms with Crippen molar-refractivity contribution in [3.05, 3.63) is 89.7 Å². The SMILES string of the molecule is COc1cc(Oc2ccccc2N=C(C)C2=C(O)CC(c3ccccc3)CC2=O)ccc1N. The monoisotopic (exact) mass is 442 g/mol. The first-order valence-corrected chi connectivity index (χ1v) is 10.7. The van der Waals surface area contributed by atoms with Crippen LogP contribution in [0.5, 0.6) is 17.2 Å². The summed E-state index contributed by atoms with van der Waals surface area (Å²) in [7, 11) is 1.54. The first-order valence-electron chi connectivity index (χ1n) is 10.7. The summed E-state index contributed by atoms with van der Waals surface area (Å²) < 4.78 is 11.3. The minimum absolute atomic E-state index is 0.0358. The molecular weight excluding hydrogens is 416 g/mol. The van der Waals surface area contributed by atoms with Crippen LogP contribution < -0.4 is 15.2 Å². The highest BCUT2D eigenvalue weighted by atomic mass is 16.5. The Morgan fingerprint density at radius 2 is 1.73 bits per heavy atom. The number of ketones is 1. The number of ether oxygens (including phenoxy) is 2. The van der Waals surface area contributed by atoms with E-state index in [-0.39, 0.29) is 23.0 Å². The van der Waals surface area contributed by atoms with Crippen LogP contribution >= 0.6 is 0 Å². The van der Waals surface area contributed by atoms with Gasteiger partial charge in [-0.05, 0) is 42.7 Å². The van der Waals surface area contributed by atoms with Crippen molar-refractivity contribution in [3.63, 3.8) is 0 Å². The number of Topliss-reactive ketones (excluding diaryl/α,β-unsaturated/α-hetero) is 1. The second-order valence-electron chi connectivity index (χ2n) is 7.93. The lowest BCUT2D eigenvalue weighted by molar-refractivity contribution is -0.116. The molecule has 3 aromatic rings. The van der Waals surface area contributed by atoms with Crippen molar-refractivity contribution in [1.82, 2.24) is 0 Å². The molecule has 4 rings (SSSR count). The molecule has 168 valence electrons. The summed E-state index contributed by atoms with van der Waals surface area (Å²) in [6.07, 6.45) is 0.737. The Labute approximate surface area is 193 Å². The quantitative estimate of drug-likeness (QED) is 0.354. The van der Waals surface area contributed by atoms with Gasteiger partial charge in [0.15, 0.2) is 11.5 Å². The van der Waals surface area contributed by atoms with Gasteiger partial charge in [0.05, 0.1) is 24.1 Å². The van der Waals surface area contributed by atoms with Crippen molar-refractivity contribution in [2.75, 3.05) is 12.8 Å². The first kappa shape index (κ1) is 22.1. The van der Waals surface area contributed by atoms with E-state index in [1.165, 1.54) is 0 Å². The molecule has 1 atom stereocenters. The molecule has 0 fully saturated rings. The van der Waals surface area contributed by atoms with E-state index in [0.29, 0.717) is 47.2 Å². The van der Waals surface area contributed by atoms with Crippen LogP contribution in [0.15, 0.2) is 89.1 Å². The number of nitrogens with zero attached hydrogens (tertiary/aromatic N) is 1. The summed E-state index contributed by atoms with van der Waals surface area (Å²) >= 11 is 0. The number of para-hydroxylation sites is 2. The number of aliphatic hydroxyl groups excluding tert-OH is 1. The molecule has 1 aliphatic rings. The molecule has 6 heteroatoms. The highest BCUT2D eigenvalue weighted by Crippen LogP contribution is 2.37. The van der Waals surface area contributed by atoms with Crippen LogP contribution in [-0.4, -0.2) is 23.7 Å². The molecule has 1 aliphatic carbocycles. The first-order chi connectivity index (χ1) is 16.0. The van der Waals surface area contributed by atoms with Gasteiger partial charge < -0.3 is 20.3 Å². The van der Waals surface area contributed by atoms with Gasteiger partial charge in [0, 0.05) is 18.9 Å². The number of aliphatic imine (C=N–C) groups is 1. The predicted molar refractivity (Wildman–Crippen MR) is 130 cm³/mol. The van der Waals surface area contributed by atoms with Gasteiger partial charge in [-0.25, -0.2) is 4.99 Å². The zero-order chi connectivity index (χ0) is 23.4. The summed E-state index contributed by atoms with van der Waals surface area (Å²) in [6.45, 7) is 1.73. The zero-order valence-corrected chi connectivity index (χ0v) is 18.6. The molecule has 0 bridgehead atoms. The Bertz CT molecular complexity index is 1230. The zero-order valence-electron chi connectivity index (χ0n) is 18.6. The van der Waals surface area contributed by atoms with Gasteiger partial charge in [0.2, 0.25) is 0 Å². The Morgan fingerprint density at radius 1 is 1.00 bits per heavy atom. The van der Waals surface area contributed by atoms with Gasteiger partial charge in [-0.2, -0.15) is 0 Å². The van der Waals surface area contributed by atoms with E-state index in [2.05, 4.69) is 4.99 Å². The predicted octanol–water partition coefficient (Wildman–Crippen LogP) is 6.12. The Morgan fingerprint density at radius 3 is 2.45 bits per heavy atom. The van der Waals surface area contributed by atoms with Crippen molar-refractivity contribution in [3.8, 4) is 17.2 Å². The third-order valence-corrected chi connectivity index (χ3v) is 5.66. The molecule has 0 aliphatic heterocycles. The maximum atomic E-state index is 12.9. The Hall–Kier alpha value is -4.06. The average Bonchev–Trinajstić information content (AvgIpc) is 2.81. The molecule has 0 heterocycles. The van der Waals surface area contributed by atoms with Gasteiger partial charge >= 0.3 is 0 Å². The molecule has 0 saturated heterocycles. The van der Waals surface area contributed by atoms with Crippen LogP contribution in [0.3, 0.4) is 0 Å². The van der Waals surface area contributed by atoms with Crippen LogP contribution in [-0.2, 0) is 4.79 Å². The molecule has 0 spiro atoms. The maximum Gasteiger partial charge on any atom is 0.168 e. The summed E-state index contributed by atoms with van der Waals surface area (Å²) in [4.78, 5) is 17.6. The lowest BCUT2D eigenvalue weighted by Crippen LogP contribution is -2.22. The fraction of sp³-hybridized carbons (Fsp3) is 0.185. The van der Waals surface area contributed by atoms with Crippen molar-refractivity contribution in [1.29, 1.82) is 0 Å². The number of hydrogen-bond donors (Lipinski definition) is 2. The standard InChI is InChI=1S/C27H26N2O4/c1-17(27-23(30)14-19(15-24(27)31)18-8-4-3-5-9-18)29-22-10-6-7-11-25(22)33-20-12-13-21(28)26(16-20)32-2/h3-13,16,19,30H,14-15,28H2,1-2H3. The molecule has 0 aromatic heterocycles. The van der Waals surface area contributed by atoms with Gasteiger partial charge in [-0.15, -0.1) is 0 Å². The fourth-order valence-electron chi connectivity index (χ4n) is 4.02. The van der Waals surface area contributed by atoms with Crippen LogP contribution in [0.2, 0.25) is 0 Å². The van der Waals surface area contributed by atoms with Crippen molar-refractivity contribution < 1.29 is 19.4 Å². The second-order valence-corrected chi connectivity index (χ2v) is 7.93. The third-order valence-electron chi connectivity index (χ3n) is 5.66. The molecule has 3 aromatic carbocycles. The topological polar surface area (TPSA) is 94.1 Å². The van der Waals surface area contributed by atoms with Crippen molar-refractivity contribution in [2.24, 2.45) is 4.99 Å². The molecule has 0 amide bonds. The number of carbonyl (C=O) groups excluding carboxylic acids is 1. The van der Waals surface area contributed by atoms with Gasteiger partial charge in [0.25, 0.3) is 0 Å². The molecule has 0 radical (unpaired) electrons. The van der Waals surface area contributed by atoms with Crippen molar-refractivity contribution >= 4 is 22.9 Å². The Balaban J connectivity index is 1.61. The third kappa shape index (κ3) is 4.90. The number of benzene rings is 3. The van der Waals surface area contributed by atoms with Gasteiger partial charge in [-0.3, -0.25) is 4.79 Å².